The zero-order chi connectivity index (χ0) is 15.9. The molecular formula is C24H24. The predicted molar refractivity (Wildman–Crippen MR) is 101 cm³/mol. The van der Waals surface area contributed by atoms with Gasteiger partial charge in [-0.1, -0.05) is 60.8 Å². The molecule has 0 heteroatoms. The molecule has 2 unspecified atom stereocenters. The van der Waals surface area contributed by atoms with Gasteiger partial charge < -0.3 is 0 Å². The summed E-state index contributed by atoms with van der Waals surface area (Å²) < 4.78 is 0. The van der Waals surface area contributed by atoms with E-state index in [4.69, 9.17) is 0 Å². The molecule has 120 valence electrons. The van der Waals surface area contributed by atoms with Gasteiger partial charge in [-0.2, -0.15) is 0 Å². The molecule has 0 bridgehead atoms. The number of rotatable bonds is 1. The first-order valence-electron chi connectivity index (χ1n) is 9.46. The lowest BCUT2D eigenvalue weighted by Crippen LogP contribution is -2.24. The summed E-state index contributed by atoms with van der Waals surface area (Å²) >= 11 is 0. The maximum Gasteiger partial charge on any atom is 0.0192 e. The Labute approximate surface area is 145 Å². The van der Waals surface area contributed by atoms with Crippen molar-refractivity contribution in [3.8, 4) is 0 Å². The summed E-state index contributed by atoms with van der Waals surface area (Å²) in [5.74, 6) is 1.08. The molecule has 2 atom stereocenters. The van der Waals surface area contributed by atoms with Crippen LogP contribution in [0.25, 0.3) is 0 Å². The zero-order valence-electron chi connectivity index (χ0n) is 14.2. The summed E-state index contributed by atoms with van der Waals surface area (Å²) in [5.41, 5.74) is 9.47. The quantitative estimate of drug-likeness (QED) is 0.533. The van der Waals surface area contributed by atoms with Crippen molar-refractivity contribution in [2.75, 3.05) is 0 Å². The van der Waals surface area contributed by atoms with Gasteiger partial charge >= 0.3 is 0 Å². The van der Waals surface area contributed by atoms with Crippen LogP contribution < -0.4 is 0 Å². The van der Waals surface area contributed by atoms with E-state index < -0.39 is 0 Å². The summed E-state index contributed by atoms with van der Waals surface area (Å²) in [6, 6.07) is 0. The van der Waals surface area contributed by atoms with E-state index in [1.165, 1.54) is 38.5 Å². The Morgan fingerprint density at radius 3 is 2.58 bits per heavy atom. The molecule has 0 aromatic heterocycles. The topological polar surface area (TPSA) is 0 Å². The Morgan fingerprint density at radius 1 is 0.750 bits per heavy atom. The van der Waals surface area contributed by atoms with E-state index in [-0.39, 0.29) is 0 Å². The Bertz CT molecular complexity index is 814. The molecule has 5 rings (SSSR count). The first-order chi connectivity index (χ1) is 11.9. The van der Waals surface area contributed by atoms with Gasteiger partial charge in [-0.3, -0.25) is 0 Å². The fourth-order valence-electron chi connectivity index (χ4n) is 4.90. The normalized spacial score (nSPS) is 30.7. The SMILES string of the molecule is C1=CC2C=CC3=C(C=CCC3)C2C(C2=CC3=C(C=CCC3)CC2)=C1. The molecule has 0 aromatic carbocycles. The van der Waals surface area contributed by atoms with Crippen LogP contribution in [0.4, 0.5) is 0 Å². The standard InChI is InChI=1S/C24H24/c1-2-8-20-16-21(15-12-17(20)6-1)23-11-5-9-19-14-13-18-7-3-4-10-22(18)24(19)23/h1,4-6,9-11,13-14,16,19,24H,2-3,7-8,12,15H2. The average Bonchev–Trinajstić information content (AvgIpc) is 2.67. The fraction of sp³-hybridized carbons (Fsp3) is 0.333. The van der Waals surface area contributed by atoms with Crippen molar-refractivity contribution in [2.24, 2.45) is 11.8 Å². The van der Waals surface area contributed by atoms with Gasteiger partial charge in [0, 0.05) is 11.8 Å². The van der Waals surface area contributed by atoms with Crippen LogP contribution in [0.15, 0.2) is 94.2 Å². The van der Waals surface area contributed by atoms with E-state index in [0.717, 1.165) is 0 Å². The second-order valence-corrected chi connectivity index (χ2v) is 7.50. The van der Waals surface area contributed by atoms with Gasteiger partial charge in [-0.15, -0.1) is 0 Å². The van der Waals surface area contributed by atoms with E-state index in [1.54, 1.807) is 33.4 Å². The van der Waals surface area contributed by atoms with Crippen LogP contribution in [0.1, 0.15) is 38.5 Å². The second kappa shape index (κ2) is 5.77. The Hall–Kier alpha value is -2.08. The van der Waals surface area contributed by atoms with Crippen LogP contribution in [0, 0.1) is 11.8 Å². The molecule has 0 nitrogen and oxygen atoms in total. The van der Waals surface area contributed by atoms with E-state index in [0.29, 0.717) is 11.8 Å². The highest BCUT2D eigenvalue weighted by Crippen LogP contribution is 2.46. The summed E-state index contributed by atoms with van der Waals surface area (Å²) in [5, 5.41) is 0. The molecule has 0 amide bonds. The lowest BCUT2D eigenvalue weighted by atomic mass is 9.68. The number of allylic oxidation sites excluding steroid dienone is 16. The smallest absolute Gasteiger partial charge is 0.0192 e. The summed E-state index contributed by atoms with van der Waals surface area (Å²) in [4.78, 5) is 0. The van der Waals surface area contributed by atoms with E-state index in [2.05, 4.69) is 60.8 Å². The van der Waals surface area contributed by atoms with E-state index >= 15 is 0 Å². The van der Waals surface area contributed by atoms with Crippen molar-refractivity contribution in [1.29, 1.82) is 0 Å². The minimum Gasteiger partial charge on any atom is -0.0839 e. The molecule has 0 N–H and O–H groups in total. The van der Waals surface area contributed by atoms with Crippen LogP contribution in [0.3, 0.4) is 0 Å². The largest absolute Gasteiger partial charge is 0.0839 e. The van der Waals surface area contributed by atoms with Crippen LogP contribution in [-0.2, 0) is 0 Å². The Morgan fingerprint density at radius 2 is 1.62 bits per heavy atom. The second-order valence-electron chi connectivity index (χ2n) is 7.50. The number of hydrogen-bond acceptors (Lipinski definition) is 0. The van der Waals surface area contributed by atoms with Gasteiger partial charge in [0.25, 0.3) is 0 Å². The van der Waals surface area contributed by atoms with Gasteiger partial charge in [0.2, 0.25) is 0 Å². The fourth-order valence-corrected chi connectivity index (χ4v) is 4.90. The van der Waals surface area contributed by atoms with Crippen molar-refractivity contribution in [1.82, 2.24) is 0 Å². The minimum atomic E-state index is 0.536. The highest BCUT2D eigenvalue weighted by molar-refractivity contribution is 5.56. The molecule has 24 heavy (non-hydrogen) atoms. The maximum atomic E-state index is 2.52. The molecule has 5 aliphatic rings. The molecule has 5 aliphatic carbocycles. The van der Waals surface area contributed by atoms with Gasteiger partial charge in [-0.25, -0.2) is 0 Å². The lowest BCUT2D eigenvalue weighted by Gasteiger charge is -2.36. The van der Waals surface area contributed by atoms with Crippen LogP contribution in [0.2, 0.25) is 0 Å². The molecule has 0 aliphatic heterocycles. The summed E-state index contributed by atoms with van der Waals surface area (Å²) in [6.45, 7) is 0. The van der Waals surface area contributed by atoms with Gasteiger partial charge in [0.1, 0.15) is 0 Å². The summed E-state index contributed by atoms with van der Waals surface area (Å²) in [6.07, 6.45) is 31.1. The average molecular weight is 312 g/mol. The van der Waals surface area contributed by atoms with Crippen molar-refractivity contribution in [2.45, 2.75) is 38.5 Å². The lowest BCUT2D eigenvalue weighted by molar-refractivity contribution is 0.586. The first kappa shape index (κ1) is 14.3. The molecule has 0 spiro atoms. The highest BCUT2D eigenvalue weighted by atomic mass is 14.4. The monoisotopic (exact) mass is 312 g/mol. The number of fused-ring (bicyclic) bond motifs is 2. The van der Waals surface area contributed by atoms with Crippen LogP contribution in [0.5, 0.6) is 0 Å². The Balaban J connectivity index is 1.56. The minimum absolute atomic E-state index is 0.536. The molecule has 0 aromatic rings. The predicted octanol–water partition coefficient (Wildman–Crippen LogP) is 6.30. The van der Waals surface area contributed by atoms with E-state index in [9.17, 15) is 0 Å². The van der Waals surface area contributed by atoms with E-state index in [1.807, 2.05) is 0 Å². The Kier molecular flexibility index (Phi) is 3.43. The van der Waals surface area contributed by atoms with Crippen LogP contribution >= 0.6 is 0 Å². The van der Waals surface area contributed by atoms with Crippen molar-refractivity contribution >= 4 is 0 Å². The third-order valence-corrected chi connectivity index (χ3v) is 6.13. The molecule has 0 saturated heterocycles. The molecule has 0 radical (unpaired) electrons. The van der Waals surface area contributed by atoms with Crippen LogP contribution in [-0.4, -0.2) is 0 Å². The molecule has 0 heterocycles. The molecule has 0 fully saturated rings. The molecular weight excluding hydrogens is 288 g/mol. The highest BCUT2D eigenvalue weighted by Gasteiger charge is 2.32. The van der Waals surface area contributed by atoms with Crippen molar-refractivity contribution < 1.29 is 0 Å². The third-order valence-electron chi connectivity index (χ3n) is 6.13. The first-order valence-corrected chi connectivity index (χ1v) is 9.46. The van der Waals surface area contributed by atoms with Gasteiger partial charge in [-0.05, 0) is 72.0 Å². The summed E-state index contributed by atoms with van der Waals surface area (Å²) in [7, 11) is 0. The van der Waals surface area contributed by atoms with Crippen molar-refractivity contribution in [3.05, 3.63) is 94.2 Å². The van der Waals surface area contributed by atoms with Crippen molar-refractivity contribution in [3.63, 3.8) is 0 Å². The van der Waals surface area contributed by atoms with Gasteiger partial charge in [0.15, 0.2) is 0 Å². The zero-order valence-corrected chi connectivity index (χ0v) is 14.2. The van der Waals surface area contributed by atoms with Gasteiger partial charge in [0.05, 0.1) is 0 Å². The molecule has 0 saturated carbocycles. The third kappa shape index (κ3) is 2.28. The number of hydrogen-bond donors (Lipinski definition) is 0. The maximum absolute atomic E-state index is 2.52.